The predicted octanol–water partition coefficient (Wildman–Crippen LogP) is 1.69. The van der Waals surface area contributed by atoms with Gasteiger partial charge in [-0.3, -0.25) is 0 Å². The second-order valence-corrected chi connectivity index (χ2v) is 5.12. The largest absolute Gasteiger partial charge is 0.338 e. The molecule has 4 N–H and O–H groups in total. The van der Waals surface area contributed by atoms with Gasteiger partial charge in [0.1, 0.15) is 11.5 Å². The van der Waals surface area contributed by atoms with Crippen LogP contribution in [0.15, 0.2) is 24.5 Å². The highest BCUT2D eigenvalue weighted by Crippen LogP contribution is 2.37. The number of H-pyrrole nitrogens is 2. The van der Waals surface area contributed by atoms with E-state index in [1.54, 1.807) is 12.4 Å². The van der Waals surface area contributed by atoms with Crippen LogP contribution in [0.25, 0.3) is 22.7 Å². The third-order valence-electron chi connectivity index (χ3n) is 3.81. The van der Waals surface area contributed by atoms with E-state index in [1.165, 1.54) is 6.42 Å². The van der Waals surface area contributed by atoms with Crippen molar-refractivity contribution in [3.8, 4) is 11.5 Å². The Morgan fingerprint density at radius 1 is 1.21 bits per heavy atom. The lowest BCUT2D eigenvalue weighted by molar-refractivity contribution is 0.240. The van der Waals surface area contributed by atoms with Crippen molar-refractivity contribution >= 4 is 11.2 Å². The monoisotopic (exact) mass is 254 g/mol. The first-order chi connectivity index (χ1) is 9.24. The maximum Gasteiger partial charge on any atom is 0.178 e. The molecule has 0 aromatic carbocycles. The molecular weight excluding hydrogens is 240 g/mol. The second kappa shape index (κ2) is 3.64. The lowest BCUT2D eigenvalue weighted by Gasteiger charge is -2.35. The molecule has 1 aliphatic rings. The SMILES string of the molecule is NC1(c2ncc(-c3nc4ncccc4[nH]3)[nH]2)CCC1. The molecule has 0 unspecified atom stereocenters. The number of hydrogen-bond donors (Lipinski definition) is 3. The van der Waals surface area contributed by atoms with Crippen LogP contribution in [0.2, 0.25) is 0 Å². The fourth-order valence-corrected chi connectivity index (χ4v) is 2.46. The average molecular weight is 254 g/mol. The number of rotatable bonds is 2. The van der Waals surface area contributed by atoms with Crippen LogP contribution in [-0.2, 0) is 5.54 Å². The first kappa shape index (κ1) is 10.7. The molecule has 6 nitrogen and oxygen atoms in total. The van der Waals surface area contributed by atoms with Crippen LogP contribution >= 0.6 is 0 Å². The van der Waals surface area contributed by atoms with Gasteiger partial charge in [0.15, 0.2) is 11.5 Å². The Morgan fingerprint density at radius 2 is 2.11 bits per heavy atom. The number of nitrogens with one attached hydrogen (secondary N) is 2. The fourth-order valence-electron chi connectivity index (χ4n) is 2.46. The number of fused-ring (bicyclic) bond motifs is 1. The number of nitrogens with zero attached hydrogens (tertiary/aromatic N) is 3. The summed E-state index contributed by atoms with van der Waals surface area (Å²) in [4.78, 5) is 19.6. The van der Waals surface area contributed by atoms with Gasteiger partial charge in [0.25, 0.3) is 0 Å². The van der Waals surface area contributed by atoms with E-state index in [0.717, 1.165) is 35.7 Å². The Balaban J connectivity index is 1.75. The molecule has 1 fully saturated rings. The molecule has 0 aliphatic heterocycles. The molecule has 3 heterocycles. The van der Waals surface area contributed by atoms with Crippen LogP contribution in [0.4, 0.5) is 0 Å². The Kier molecular flexibility index (Phi) is 2.05. The second-order valence-electron chi connectivity index (χ2n) is 5.12. The molecule has 6 heteroatoms. The standard InChI is InChI=1S/C13H14N6/c14-13(4-2-5-13)12-16-7-9(18-12)11-17-8-3-1-6-15-10(8)19-11/h1,3,6-7H,2,4-5,14H2,(H,16,18)(H,15,17,19). The number of hydrogen-bond acceptors (Lipinski definition) is 4. The highest BCUT2D eigenvalue weighted by Gasteiger charge is 2.37. The van der Waals surface area contributed by atoms with Crippen molar-refractivity contribution in [3.63, 3.8) is 0 Å². The highest BCUT2D eigenvalue weighted by molar-refractivity contribution is 5.74. The van der Waals surface area contributed by atoms with Crippen LogP contribution in [-0.4, -0.2) is 24.9 Å². The van der Waals surface area contributed by atoms with E-state index in [2.05, 4.69) is 24.9 Å². The molecular formula is C13H14N6. The van der Waals surface area contributed by atoms with Gasteiger partial charge in [-0.15, -0.1) is 0 Å². The zero-order valence-corrected chi connectivity index (χ0v) is 10.3. The number of pyridine rings is 1. The third-order valence-corrected chi connectivity index (χ3v) is 3.81. The van der Waals surface area contributed by atoms with E-state index in [4.69, 9.17) is 5.73 Å². The van der Waals surface area contributed by atoms with Crippen LogP contribution < -0.4 is 5.73 Å². The molecule has 19 heavy (non-hydrogen) atoms. The van der Waals surface area contributed by atoms with Gasteiger partial charge < -0.3 is 15.7 Å². The lowest BCUT2D eigenvalue weighted by Crippen LogP contribution is -2.44. The molecule has 3 aromatic rings. The zero-order chi connectivity index (χ0) is 12.9. The molecule has 0 radical (unpaired) electrons. The molecule has 96 valence electrons. The lowest BCUT2D eigenvalue weighted by atomic mass is 9.77. The third kappa shape index (κ3) is 1.57. The first-order valence-corrected chi connectivity index (χ1v) is 6.40. The van der Waals surface area contributed by atoms with Gasteiger partial charge in [-0.25, -0.2) is 15.0 Å². The molecule has 0 atom stereocenters. The summed E-state index contributed by atoms with van der Waals surface area (Å²) < 4.78 is 0. The molecule has 1 aliphatic carbocycles. The van der Waals surface area contributed by atoms with Gasteiger partial charge >= 0.3 is 0 Å². The van der Waals surface area contributed by atoms with E-state index < -0.39 is 0 Å². The minimum absolute atomic E-state index is 0.275. The topological polar surface area (TPSA) is 96.3 Å². The van der Waals surface area contributed by atoms with Crippen molar-refractivity contribution in [2.45, 2.75) is 24.8 Å². The normalized spacial score (nSPS) is 17.5. The van der Waals surface area contributed by atoms with Gasteiger partial charge in [-0.1, -0.05) is 0 Å². The average Bonchev–Trinajstić information content (AvgIpc) is 3.02. The van der Waals surface area contributed by atoms with Crippen molar-refractivity contribution < 1.29 is 0 Å². The van der Waals surface area contributed by atoms with E-state index >= 15 is 0 Å². The summed E-state index contributed by atoms with van der Waals surface area (Å²) in [5.74, 6) is 1.59. The Labute approximate surface area is 109 Å². The highest BCUT2D eigenvalue weighted by atomic mass is 15.1. The summed E-state index contributed by atoms with van der Waals surface area (Å²) in [6.45, 7) is 0. The van der Waals surface area contributed by atoms with Crippen molar-refractivity contribution in [2.75, 3.05) is 0 Å². The Morgan fingerprint density at radius 3 is 2.84 bits per heavy atom. The summed E-state index contributed by atoms with van der Waals surface area (Å²) in [5, 5.41) is 0. The predicted molar refractivity (Wildman–Crippen MR) is 71.2 cm³/mol. The maximum absolute atomic E-state index is 6.25. The molecule has 1 saturated carbocycles. The first-order valence-electron chi connectivity index (χ1n) is 6.40. The molecule has 4 rings (SSSR count). The van der Waals surface area contributed by atoms with E-state index in [9.17, 15) is 0 Å². The van der Waals surface area contributed by atoms with Crippen molar-refractivity contribution in [1.82, 2.24) is 24.9 Å². The summed E-state index contributed by atoms with van der Waals surface area (Å²) in [6, 6.07) is 3.83. The van der Waals surface area contributed by atoms with Crippen molar-refractivity contribution in [2.24, 2.45) is 5.73 Å². The number of imidazole rings is 2. The molecule has 0 amide bonds. The van der Waals surface area contributed by atoms with Crippen LogP contribution in [0.5, 0.6) is 0 Å². The minimum Gasteiger partial charge on any atom is -0.338 e. The quantitative estimate of drug-likeness (QED) is 0.648. The number of aromatic nitrogens is 5. The molecule has 3 aromatic heterocycles. The summed E-state index contributed by atoms with van der Waals surface area (Å²) in [5.41, 5.74) is 8.45. The maximum atomic E-state index is 6.25. The van der Waals surface area contributed by atoms with E-state index in [-0.39, 0.29) is 5.54 Å². The Bertz CT molecular complexity index is 703. The van der Waals surface area contributed by atoms with Gasteiger partial charge in [0, 0.05) is 6.20 Å². The molecule has 0 bridgehead atoms. The molecule has 0 spiro atoms. The fraction of sp³-hybridized carbons (Fsp3) is 0.308. The van der Waals surface area contributed by atoms with Crippen molar-refractivity contribution in [3.05, 3.63) is 30.4 Å². The summed E-state index contributed by atoms with van der Waals surface area (Å²) in [7, 11) is 0. The van der Waals surface area contributed by atoms with Gasteiger partial charge in [-0.05, 0) is 31.4 Å². The van der Waals surface area contributed by atoms with Crippen LogP contribution in [0.1, 0.15) is 25.1 Å². The van der Waals surface area contributed by atoms with Gasteiger partial charge in [0.05, 0.1) is 17.3 Å². The summed E-state index contributed by atoms with van der Waals surface area (Å²) in [6.07, 6.45) is 6.65. The Hall–Kier alpha value is -2.21. The van der Waals surface area contributed by atoms with Crippen molar-refractivity contribution in [1.29, 1.82) is 0 Å². The minimum atomic E-state index is -0.275. The van der Waals surface area contributed by atoms with Gasteiger partial charge in [-0.2, -0.15) is 0 Å². The van der Waals surface area contributed by atoms with Crippen LogP contribution in [0.3, 0.4) is 0 Å². The smallest absolute Gasteiger partial charge is 0.178 e. The van der Waals surface area contributed by atoms with E-state index in [1.807, 2.05) is 12.1 Å². The molecule has 0 saturated heterocycles. The number of aromatic amines is 2. The van der Waals surface area contributed by atoms with Gasteiger partial charge in [0.2, 0.25) is 0 Å². The van der Waals surface area contributed by atoms with E-state index in [0.29, 0.717) is 5.65 Å². The summed E-state index contributed by atoms with van der Waals surface area (Å²) >= 11 is 0. The zero-order valence-electron chi connectivity index (χ0n) is 10.3. The van der Waals surface area contributed by atoms with Crippen LogP contribution in [0, 0.1) is 0 Å². The number of nitrogens with two attached hydrogens (primary N) is 1.